The van der Waals surface area contributed by atoms with E-state index in [1.807, 2.05) is 37.3 Å². The molecule has 1 N–H and O–H groups in total. The van der Waals surface area contributed by atoms with Crippen LogP contribution in [0.2, 0.25) is 0 Å². The highest BCUT2D eigenvalue weighted by Gasteiger charge is 2.14. The highest BCUT2D eigenvalue weighted by atomic mass is 16.5. The SMILES string of the molecule is CCn1c(=O)n(-c2ccc(Oc3nc4ccncc4[nH]3)cc2)c2ncccc21. The van der Waals surface area contributed by atoms with Gasteiger partial charge in [-0.2, -0.15) is 4.98 Å². The minimum absolute atomic E-state index is 0.116. The van der Waals surface area contributed by atoms with E-state index >= 15 is 0 Å². The molecule has 5 aromatic rings. The molecule has 4 aromatic heterocycles. The Hall–Kier alpha value is -3.94. The van der Waals surface area contributed by atoms with Crippen molar-refractivity contribution in [2.75, 3.05) is 0 Å². The first-order valence-electron chi connectivity index (χ1n) is 8.89. The van der Waals surface area contributed by atoms with Crippen LogP contribution >= 0.6 is 0 Å². The molecule has 0 aliphatic rings. The van der Waals surface area contributed by atoms with E-state index in [0.717, 1.165) is 22.2 Å². The van der Waals surface area contributed by atoms with Crippen molar-refractivity contribution in [3.8, 4) is 17.4 Å². The summed E-state index contributed by atoms with van der Waals surface area (Å²) in [5.41, 5.74) is 3.64. The predicted molar refractivity (Wildman–Crippen MR) is 105 cm³/mol. The van der Waals surface area contributed by atoms with Crippen LogP contribution in [0.15, 0.2) is 65.8 Å². The summed E-state index contributed by atoms with van der Waals surface area (Å²) in [5.74, 6) is 0.607. The molecule has 0 aliphatic carbocycles. The van der Waals surface area contributed by atoms with Crippen molar-refractivity contribution in [3.63, 3.8) is 0 Å². The smallest absolute Gasteiger partial charge is 0.334 e. The monoisotopic (exact) mass is 372 g/mol. The maximum Gasteiger partial charge on any atom is 0.334 e. The van der Waals surface area contributed by atoms with Crippen molar-refractivity contribution in [3.05, 3.63) is 71.5 Å². The predicted octanol–water partition coefficient (Wildman–Crippen LogP) is 3.27. The Labute approximate surface area is 159 Å². The van der Waals surface area contributed by atoms with Gasteiger partial charge in [0.2, 0.25) is 0 Å². The van der Waals surface area contributed by atoms with E-state index in [2.05, 4.69) is 19.9 Å². The van der Waals surface area contributed by atoms with E-state index in [1.54, 1.807) is 39.9 Å². The lowest BCUT2D eigenvalue weighted by atomic mass is 10.3. The maximum atomic E-state index is 12.8. The Morgan fingerprint density at radius 2 is 1.96 bits per heavy atom. The van der Waals surface area contributed by atoms with Gasteiger partial charge in [-0.05, 0) is 49.4 Å². The summed E-state index contributed by atoms with van der Waals surface area (Å²) < 4.78 is 9.11. The summed E-state index contributed by atoms with van der Waals surface area (Å²) in [6, 6.07) is 13.2. The first-order chi connectivity index (χ1) is 13.7. The van der Waals surface area contributed by atoms with Crippen molar-refractivity contribution in [1.29, 1.82) is 0 Å². The second-order valence-corrected chi connectivity index (χ2v) is 6.24. The van der Waals surface area contributed by atoms with Gasteiger partial charge in [0.1, 0.15) is 5.75 Å². The average molecular weight is 372 g/mol. The lowest BCUT2D eigenvalue weighted by Crippen LogP contribution is -2.22. The van der Waals surface area contributed by atoms with E-state index in [9.17, 15) is 4.79 Å². The molecule has 0 radical (unpaired) electrons. The summed E-state index contributed by atoms with van der Waals surface area (Å²) in [6.07, 6.45) is 5.06. The number of nitrogens with zero attached hydrogens (tertiary/aromatic N) is 5. The molecule has 0 fully saturated rings. The van der Waals surface area contributed by atoms with Crippen molar-refractivity contribution in [2.45, 2.75) is 13.5 Å². The van der Waals surface area contributed by atoms with Gasteiger partial charge in [-0.25, -0.2) is 14.3 Å². The molecule has 8 heteroatoms. The number of H-pyrrole nitrogens is 1. The van der Waals surface area contributed by atoms with Crippen LogP contribution in [0.25, 0.3) is 27.9 Å². The third kappa shape index (κ3) is 2.54. The molecule has 0 saturated heterocycles. The molecule has 0 aliphatic heterocycles. The number of aryl methyl sites for hydroxylation is 1. The molecule has 0 amide bonds. The van der Waals surface area contributed by atoms with Crippen molar-refractivity contribution in [1.82, 2.24) is 29.1 Å². The maximum absolute atomic E-state index is 12.8. The van der Waals surface area contributed by atoms with Gasteiger partial charge in [-0.1, -0.05) is 0 Å². The number of benzene rings is 1. The van der Waals surface area contributed by atoms with Gasteiger partial charge in [-0.3, -0.25) is 9.55 Å². The molecule has 8 nitrogen and oxygen atoms in total. The van der Waals surface area contributed by atoms with Gasteiger partial charge >= 0.3 is 5.69 Å². The van der Waals surface area contributed by atoms with Crippen LogP contribution < -0.4 is 10.4 Å². The highest BCUT2D eigenvalue weighted by molar-refractivity contribution is 5.74. The van der Waals surface area contributed by atoms with Gasteiger partial charge in [0, 0.05) is 18.9 Å². The number of pyridine rings is 2. The zero-order valence-electron chi connectivity index (χ0n) is 15.0. The number of ether oxygens (including phenoxy) is 1. The van der Waals surface area contributed by atoms with E-state index in [4.69, 9.17) is 4.74 Å². The van der Waals surface area contributed by atoms with Crippen LogP contribution in [0.5, 0.6) is 11.8 Å². The number of aromatic nitrogens is 6. The third-order valence-electron chi connectivity index (χ3n) is 4.58. The normalized spacial score (nSPS) is 11.3. The summed E-state index contributed by atoms with van der Waals surface area (Å²) >= 11 is 0. The Kier molecular flexibility index (Phi) is 3.68. The van der Waals surface area contributed by atoms with Gasteiger partial charge in [-0.15, -0.1) is 0 Å². The summed E-state index contributed by atoms with van der Waals surface area (Å²) in [7, 11) is 0. The molecule has 0 atom stereocenters. The second kappa shape index (κ2) is 6.34. The van der Waals surface area contributed by atoms with Gasteiger partial charge in [0.15, 0.2) is 5.65 Å². The first kappa shape index (κ1) is 16.2. The minimum Gasteiger partial charge on any atom is -0.426 e. The van der Waals surface area contributed by atoms with Gasteiger partial charge < -0.3 is 9.72 Å². The number of fused-ring (bicyclic) bond motifs is 2. The molecule has 0 saturated carbocycles. The largest absolute Gasteiger partial charge is 0.426 e. The molecule has 0 bridgehead atoms. The van der Waals surface area contributed by atoms with Crippen LogP contribution in [-0.2, 0) is 6.54 Å². The van der Waals surface area contributed by atoms with Crippen LogP contribution in [0.3, 0.4) is 0 Å². The van der Waals surface area contributed by atoms with E-state index < -0.39 is 0 Å². The van der Waals surface area contributed by atoms with Crippen molar-refractivity contribution >= 4 is 22.2 Å². The summed E-state index contributed by atoms with van der Waals surface area (Å²) in [5, 5.41) is 0. The summed E-state index contributed by atoms with van der Waals surface area (Å²) in [4.78, 5) is 28.7. The molecule has 0 spiro atoms. The van der Waals surface area contributed by atoms with E-state index in [1.165, 1.54) is 0 Å². The van der Waals surface area contributed by atoms with Crippen LogP contribution in [0, 0.1) is 0 Å². The molecule has 28 heavy (non-hydrogen) atoms. The fourth-order valence-corrected chi connectivity index (χ4v) is 3.28. The van der Waals surface area contributed by atoms with Crippen molar-refractivity contribution in [2.24, 2.45) is 0 Å². The van der Waals surface area contributed by atoms with E-state index in [-0.39, 0.29) is 5.69 Å². The Morgan fingerprint density at radius 1 is 1.11 bits per heavy atom. The fraction of sp³-hybridized carbons (Fsp3) is 0.100. The summed E-state index contributed by atoms with van der Waals surface area (Å²) in [6.45, 7) is 2.52. The number of aromatic amines is 1. The molecular formula is C20H16N6O2. The Balaban J connectivity index is 1.51. The molecule has 4 heterocycles. The quantitative estimate of drug-likeness (QED) is 0.523. The lowest BCUT2D eigenvalue weighted by Gasteiger charge is -2.05. The second-order valence-electron chi connectivity index (χ2n) is 6.24. The Morgan fingerprint density at radius 3 is 2.75 bits per heavy atom. The number of hydrogen-bond donors (Lipinski definition) is 1. The lowest BCUT2D eigenvalue weighted by molar-refractivity contribution is 0.449. The molecule has 0 unspecified atom stereocenters. The van der Waals surface area contributed by atoms with Crippen LogP contribution in [-0.4, -0.2) is 29.1 Å². The number of imidazole rings is 2. The third-order valence-corrected chi connectivity index (χ3v) is 4.58. The standard InChI is InChI=1S/C20H16N6O2/c1-2-25-17-4-3-10-22-18(17)26(20(25)27)13-5-7-14(8-6-13)28-19-23-15-9-11-21-12-16(15)24-19/h3-12H,2H2,1H3,(H,23,24). The number of nitrogens with one attached hydrogen (secondary N) is 1. The van der Waals surface area contributed by atoms with Gasteiger partial charge in [0.25, 0.3) is 6.01 Å². The minimum atomic E-state index is -0.116. The zero-order valence-corrected chi connectivity index (χ0v) is 15.0. The number of rotatable bonds is 4. The molecule has 5 rings (SSSR count). The van der Waals surface area contributed by atoms with Crippen LogP contribution in [0.4, 0.5) is 0 Å². The Bertz CT molecular complexity index is 1310. The average Bonchev–Trinajstić information content (AvgIpc) is 3.25. The highest BCUT2D eigenvalue weighted by Crippen LogP contribution is 2.23. The number of hydrogen-bond acceptors (Lipinski definition) is 5. The molecular weight excluding hydrogens is 356 g/mol. The zero-order chi connectivity index (χ0) is 19.1. The van der Waals surface area contributed by atoms with Crippen LogP contribution in [0.1, 0.15) is 6.92 Å². The fourth-order valence-electron chi connectivity index (χ4n) is 3.28. The first-order valence-corrected chi connectivity index (χ1v) is 8.89. The van der Waals surface area contributed by atoms with Crippen molar-refractivity contribution < 1.29 is 4.74 Å². The topological polar surface area (TPSA) is 90.6 Å². The van der Waals surface area contributed by atoms with Gasteiger partial charge in [0.05, 0.1) is 28.4 Å². The molecule has 138 valence electrons. The van der Waals surface area contributed by atoms with E-state index in [0.29, 0.717) is 24.0 Å². The molecule has 1 aromatic carbocycles.